The molecule has 0 amide bonds. The van der Waals surface area contributed by atoms with E-state index >= 15 is 0 Å². The number of nitrogens with zero attached hydrogens (tertiary/aromatic N) is 3. The topological polar surface area (TPSA) is 49.0 Å². The van der Waals surface area contributed by atoms with E-state index in [4.69, 9.17) is 5.26 Å². The van der Waals surface area contributed by atoms with E-state index in [-0.39, 0.29) is 0 Å². The minimum absolute atomic E-state index is 0.414. The molecule has 0 saturated carbocycles. The maximum atomic E-state index is 8.87. The monoisotopic (exact) mass is 179 g/mol. The normalized spacial score (nSPS) is 12.6. The van der Waals surface area contributed by atoms with Gasteiger partial charge in [-0.25, -0.2) is 4.99 Å². The van der Waals surface area contributed by atoms with Crippen molar-refractivity contribution in [2.75, 3.05) is 0 Å². The van der Waals surface area contributed by atoms with Crippen LogP contribution in [0.2, 0.25) is 0 Å². The van der Waals surface area contributed by atoms with E-state index in [1.54, 1.807) is 6.20 Å². The third kappa shape index (κ3) is 0.748. The lowest BCUT2D eigenvalue weighted by molar-refractivity contribution is 1.34. The molecule has 0 atom stereocenters. The number of aliphatic imine (C=N–C) groups is 1. The zero-order chi connectivity index (χ0) is 9.54. The molecular weight excluding hydrogens is 174 g/mol. The van der Waals surface area contributed by atoms with Gasteiger partial charge < -0.3 is 0 Å². The van der Waals surface area contributed by atoms with Gasteiger partial charge in [0.05, 0.1) is 5.69 Å². The lowest BCUT2D eigenvalue weighted by atomic mass is 10.1. The van der Waals surface area contributed by atoms with Gasteiger partial charge in [0.2, 0.25) is 0 Å². The summed E-state index contributed by atoms with van der Waals surface area (Å²) in [6.45, 7) is 0. The van der Waals surface area contributed by atoms with Gasteiger partial charge in [-0.15, -0.1) is 0 Å². The van der Waals surface area contributed by atoms with E-state index in [1.165, 1.54) is 0 Å². The first kappa shape index (κ1) is 7.22. The van der Waals surface area contributed by atoms with Crippen molar-refractivity contribution in [3.63, 3.8) is 0 Å². The number of hydrogen-bond acceptors (Lipinski definition) is 3. The van der Waals surface area contributed by atoms with E-state index in [0.717, 1.165) is 16.5 Å². The molecule has 2 aromatic rings. The lowest BCUT2D eigenvalue weighted by Crippen LogP contribution is -1.95. The van der Waals surface area contributed by atoms with Gasteiger partial charge in [-0.1, -0.05) is 12.1 Å². The molecule has 1 aromatic carbocycles. The van der Waals surface area contributed by atoms with Crippen molar-refractivity contribution in [3.8, 4) is 6.07 Å². The van der Waals surface area contributed by atoms with E-state index < -0.39 is 0 Å². The van der Waals surface area contributed by atoms with Crippen LogP contribution in [0.4, 0.5) is 5.69 Å². The number of hydrogen-bond donors (Lipinski definition) is 0. The van der Waals surface area contributed by atoms with E-state index in [1.807, 2.05) is 24.3 Å². The number of aromatic nitrogens is 1. The Kier molecular flexibility index (Phi) is 1.23. The molecule has 0 spiro atoms. The first-order chi connectivity index (χ1) is 6.90. The summed E-state index contributed by atoms with van der Waals surface area (Å²) in [5, 5.41) is 10.9. The Labute approximate surface area is 80.3 Å². The SMILES string of the molecule is N#CC1=Nc2cccc3ccnc1c23. The smallest absolute Gasteiger partial charge is 0.167 e. The maximum Gasteiger partial charge on any atom is 0.167 e. The van der Waals surface area contributed by atoms with E-state index in [9.17, 15) is 0 Å². The van der Waals surface area contributed by atoms with E-state index in [0.29, 0.717) is 11.4 Å². The number of rotatable bonds is 0. The summed E-state index contributed by atoms with van der Waals surface area (Å²) in [7, 11) is 0. The average Bonchev–Trinajstić information content (AvgIpc) is 2.60. The fourth-order valence-corrected chi connectivity index (χ4v) is 1.74. The zero-order valence-electron chi connectivity index (χ0n) is 7.23. The summed E-state index contributed by atoms with van der Waals surface area (Å²) >= 11 is 0. The molecule has 0 bridgehead atoms. The van der Waals surface area contributed by atoms with Crippen LogP contribution in [-0.4, -0.2) is 10.7 Å². The second kappa shape index (κ2) is 2.39. The van der Waals surface area contributed by atoms with Crippen molar-refractivity contribution in [1.82, 2.24) is 4.98 Å². The highest BCUT2D eigenvalue weighted by molar-refractivity contribution is 6.24. The summed E-state index contributed by atoms with van der Waals surface area (Å²) in [5.74, 6) is 0. The predicted molar refractivity (Wildman–Crippen MR) is 53.6 cm³/mol. The number of nitriles is 1. The van der Waals surface area contributed by atoms with Crippen LogP contribution in [0.3, 0.4) is 0 Å². The summed E-state index contributed by atoms with van der Waals surface area (Å²) in [6, 6.07) is 9.82. The second-order valence-electron chi connectivity index (χ2n) is 3.11. The van der Waals surface area contributed by atoms with Crippen LogP contribution in [-0.2, 0) is 0 Å². The molecule has 0 fully saturated rings. The van der Waals surface area contributed by atoms with Gasteiger partial charge in [0, 0.05) is 11.6 Å². The van der Waals surface area contributed by atoms with Crippen molar-refractivity contribution in [2.45, 2.75) is 0 Å². The number of benzene rings is 1. The van der Waals surface area contributed by atoms with Crippen molar-refractivity contribution < 1.29 is 0 Å². The molecule has 0 unspecified atom stereocenters. The minimum atomic E-state index is 0.414. The molecule has 0 aliphatic carbocycles. The van der Waals surface area contributed by atoms with Gasteiger partial charge in [-0.05, 0) is 17.5 Å². The predicted octanol–water partition coefficient (Wildman–Crippen LogP) is 2.19. The molecule has 14 heavy (non-hydrogen) atoms. The standard InChI is InChI=1S/C11H5N3/c12-6-9-11-10-7(4-5-13-11)2-1-3-8(10)14-9/h1-5H. The van der Waals surface area contributed by atoms with Gasteiger partial charge >= 0.3 is 0 Å². The molecule has 1 aliphatic heterocycles. The fraction of sp³-hybridized carbons (Fsp3) is 0. The van der Waals surface area contributed by atoms with Crippen LogP contribution >= 0.6 is 0 Å². The quantitative estimate of drug-likeness (QED) is 0.622. The van der Waals surface area contributed by atoms with Gasteiger partial charge in [-0.2, -0.15) is 5.26 Å². The summed E-state index contributed by atoms with van der Waals surface area (Å²) in [6.07, 6.45) is 1.71. The Morgan fingerprint density at radius 2 is 2.14 bits per heavy atom. The van der Waals surface area contributed by atoms with Crippen LogP contribution in [0.1, 0.15) is 5.69 Å². The molecule has 1 aliphatic rings. The largest absolute Gasteiger partial charge is 0.253 e. The summed E-state index contributed by atoms with van der Waals surface area (Å²) in [4.78, 5) is 8.38. The lowest BCUT2D eigenvalue weighted by Gasteiger charge is -1.97. The molecule has 3 rings (SSSR count). The summed E-state index contributed by atoms with van der Waals surface area (Å²) < 4.78 is 0. The van der Waals surface area contributed by atoms with Crippen LogP contribution < -0.4 is 0 Å². The molecule has 3 heteroatoms. The zero-order valence-corrected chi connectivity index (χ0v) is 7.23. The molecule has 64 valence electrons. The fourth-order valence-electron chi connectivity index (χ4n) is 1.74. The average molecular weight is 179 g/mol. The molecule has 0 radical (unpaired) electrons. The Bertz CT molecular complexity index is 600. The third-order valence-corrected chi connectivity index (χ3v) is 2.33. The minimum Gasteiger partial charge on any atom is -0.253 e. The van der Waals surface area contributed by atoms with Crippen molar-refractivity contribution in [2.24, 2.45) is 4.99 Å². The van der Waals surface area contributed by atoms with Crippen molar-refractivity contribution >= 4 is 22.2 Å². The molecule has 0 N–H and O–H groups in total. The summed E-state index contributed by atoms with van der Waals surface area (Å²) in [5.41, 5.74) is 1.97. The highest BCUT2D eigenvalue weighted by Gasteiger charge is 2.18. The third-order valence-electron chi connectivity index (χ3n) is 2.33. The molecule has 2 heterocycles. The Balaban J connectivity index is 2.54. The first-order valence-corrected chi connectivity index (χ1v) is 4.27. The van der Waals surface area contributed by atoms with Gasteiger partial charge in [0.15, 0.2) is 5.71 Å². The van der Waals surface area contributed by atoms with Gasteiger partial charge in [-0.3, -0.25) is 4.98 Å². The number of pyridine rings is 1. The highest BCUT2D eigenvalue weighted by Crippen LogP contribution is 2.33. The van der Waals surface area contributed by atoms with Crippen LogP contribution in [0, 0.1) is 11.3 Å². The first-order valence-electron chi connectivity index (χ1n) is 4.27. The highest BCUT2D eigenvalue weighted by atomic mass is 14.8. The van der Waals surface area contributed by atoms with Crippen LogP contribution in [0.25, 0.3) is 10.8 Å². The van der Waals surface area contributed by atoms with Crippen LogP contribution in [0.5, 0.6) is 0 Å². The Morgan fingerprint density at radius 3 is 3.00 bits per heavy atom. The van der Waals surface area contributed by atoms with Gasteiger partial charge in [0.25, 0.3) is 0 Å². The van der Waals surface area contributed by atoms with Crippen molar-refractivity contribution in [1.29, 1.82) is 5.26 Å². The Morgan fingerprint density at radius 1 is 1.21 bits per heavy atom. The molecular formula is C11H5N3. The maximum absolute atomic E-state index is 8.87. The van der Waals surface area contributed by atoms with Crippen LogP contribution in [0.15, 0.2) is 35.5 Å². The van der Waals surface area contributed by atoms with E-state index in [2.05, 4.69) is 16.0 Å². The van der Waals surface area contributed by atoms with Crippen molar-refractivity contribution in [3.05, 3.63) is 36.2 Å². The molecule has 3 nitrogen and oxygen atoms in total. The second-order valence-corrected chi connectivity index (χ2v) is 3.11. The molecule has 1 aromatic heterocycles. The Hall–Kier alpha value is -2.21. The van der Waals surface area contributed by atoms with Gasteiger partial charge in [0.1, 0.15) is 11.8 Å². The molecule has 0 saturated heterocycles.